The number of nitrogens with one attached hydrogen (secondary N) is 1. The first-order valence-corrected chi connectivity index (χ1v) is 11.6. The Morgan fingerprint density at radius 3 is 2.55 bits per heavy atom. The molecule has 7 heteroatoms. The summed E-state index contributed by atoms with van der Waals surface area (Å²) in [6, 6.07) is 19.6. The molecule has 2 aliphatic rings. The van der Waals surface area contributed by atoms with E-state index in [-0.39, 0.29) is 6.61 Å². The maximum absolute atomic E-state index is 8.00. The first kappa shape index (κ1) is 21.4. The molecule has 170 valence electrons. The van der Waals surface area contributed by atoms with E-state index in [4.69, 9.17) is 5.11 Å². The topological polar surface area (TPSA) is 71.1 Å². The van der Waals surface area contributed by atoms with Gasteiger partial charge in [-0.3, -0.25) is 4.57 Å². The third-order valence-corrected chi connectivity index (χ3v) is 6.28. The molecule has 0 radical (unpaired) electrons. The van der Waals surface area contributed by atoms with E-state index in [2.05, 4.69) is 90.3 Å². The largest absolute Gasteiger partial charge is 0.395 e. The molecule has 4 heterocycles. The lowest BCUT2D eigenvalue weighted by Gasteiger charge is -2.20. The van der Waals surface area contributed by atoms with E-state index < -0.39 is 0 Å². The molecule has 2 aliphatic heterocycles. The summed E-state index contributed by atoms with van der Waals surface area (Å²) in [5.74, 6) is 0.898. The van der Waals surface area contributed by atoms with Crippen LogP contribution in [0.15, 0.2) is 67.1 Å². The molecule has 1 fully saturated rings. The monoisotopic (exact) mass is 442 g/mol. The molecule has 0 atom stereocenters. The number of likely N-dealkylation sites (N-methyl/N-ethyl adjacent to an activating group) is 1. The molecule has 0 unspecified atom stereocenters. The predicted molar refractivity (Wildman–Crippen MR) is 132 cm³/mol. The fourth-order valence-corrected chi connectivity index (χ4v) is 4.60. The van der Waals surface area contributed by atoms with E-state index in [1.165, 1.54) is 40.9 Å². The summed E-state index contributed by atoms with van der Waals surface area (Å²) in [5.41, 5.74) is 7.34. The molecular weight excluding hydrogens is 412 g/mol. The second-order valence-electron chi connectivity index (χ2n) is 8.47. The van der Waals surface area contributed by atoms with Crippen LogP contribution in [-0.2, 0) is 6.54 Å². The fraction of sp³-hybridized carbons (Fsp3) is 0.308. The maximum Gasteiger partial charge on any atom is 0.185 e. The van der Waals surface area contributed by atoms with Crippen LogP contribution in [0.5, 0.6) is 0 Å². The predicted octanol–water partition coefficient (Wildman–Crippen LogP) is 3.56. The third-order valence-electron chi connectivity index (χ3n) is 6.28. The van der Waals surface area contributed by atoms with E-state index in [1.54, 1.807) is 7.05 Å². The Kier molecular flexibility index (Phi) is 6.24. The Hall–Kier alpha value is -3.42. The van der Waals surface area contributed by atoms with Crippen molar-refractivity contribution in [1.82, 2.24) is 24.6 Å². The van der Waals surface area contributed by atoms with Gasteiger partial charge in [0.05, 0.1) is 18.0 Å². The molecule has 33 heavy (non-hydrogen) atoms. The van der Waals surface area contributed by atoms with Gasteiger partial charge < -0.3 is 19.9 Å². The molecule has 2 aromatic heterocycles. The average molecular weight is 443 g/mol. The summed E-state index contributed by atoms with van der Waals surface area (Å²) < 4.78 is 4.43. The van der Waals surface area contributed by atoms with Gasteiger partial charge in [0.1, 0.15) is 6.33 Å². The second-order valence-corrected chi connectivity index (χ2v) is 8.47. The molecule has 0 amide bonds. The molecule has 2 aromatic carbocycles. The highest BCUT2D eigenvalue weighted by molar-refractivity contribution is 5.72. The van der Waals surface area contributed by atoms with Crippen LogP contribution in [0.3, 0.4) is 0 Å². The third kappa shape index (κ3) is 4.29. The summed E-state index contributed by atoms with van der Waals surface area (Å²) in [5, 5.41) is 19.4. The van der Waals surface area contributed by atoms with E-state index in [9.17, 15) is 0 Å². The average Bonchev–Trinajstić information content (AvgIpc) is 3.61. The van der Waals surface area contributed by atoms with Crippen molar-refractivity contribution >= 4 is 5.69 Å². The first-order valence-electron chi connectivity index (χ1n) is 11.6. The van der Waals surface area contributed by atoms with Gasteiger partial charge in [-0.1, -0.05) is 30.3 Å². The highest BCUT2D eigenvalue weighted by Gasteiger charge is 2.23. The summed E-state index contributed by atoms with van der Waals surface area (Å²) >= 11 is 0. The number of benzene rings is 2. The van der Waals surface area contributed by atoms with Crippen molar-refractivity contribution in [3.05, 3.63) is 72.7 Å². The Bertz CT molecular complexity index is 1200. The highest BCUT2D eigenvalue weighted by Crippen LogP contribution is 2.35. The second kappa shape index (κ2) is 9.60. The number of anilines is 1. The van der Waals surface area contributed by atoms with Gasteiger partial charge in [0.25, 0.3) is 0 Å². The minimum absolute atomic E-state index is 0.233. The molecule has 1 saturated heterocycles. The van der Waals surface area contributed by atoms with E-state index in [0.717, 1.165) is 31.2 Å². The number of hydrogen-bond donors (Lipinski definition) is 2. The van der Waals surface area contributed by atoms with Crippen LogP contribution in [0.4, 0.5) is 5.69 Å². The fourth-order valence-electron chi connectivity index (χ4n) is 4.60. The van der Waals surface area contributed by atoms with Gasteiger partial charge in [-0.25, -0.2) is 0 Å². The Morgan fingerprint density at radius 1 is 1.00 bits per heavy atom. The molecule has 7 nitrogen and oxygen atoms in total. The lowest BCUT2D eigenvalue weighted by Crippen LogP contribution is -2.18. The summed E-state index contributed by atoms with van der Waals surface area (Å²) in [6.07, 6.45) is 6.64. The van der Waals surface area contributed by atoms with Crippen LogP contribution in [0, 0.1) is 0 Å². The number of aliphatic hydroxyl groups is 1. The van der Waals surface area contributed by atoms with Gasteiger partial charge in [0.15, 0.2) is 5.82 Å². The number of aromatic nitrogens is 4. The molecule has 2 N–H and O–H groups in total. The Morgan fingerprint density at radius 2 is 1.82 bits per heavy atom. The molecule has 6 rings (SSSR count). The van der Waals surface area contributed by atoms with Crippen LogP contribution in [0.1, 0.15) is 18.4 Å². The van der Waals surface area contributed by atoms with Crippen LogP contribution in [-0.4, -0.2) is 57.7 Å². The van der Waals surface area contributed by atoms with Crippen LogP contribution < -0.4 is 10.2 Å². The van der Waals surface area contributed by atoms with Crippen molar-refractivity contribution in [3.63, 3.8) is 0 Å². The SMILES string of the molecule is CNCCO.c1ccc(-c2cc3n(c2)Cc2cc(N4CCCC4)ccc2-n2cnnc2-3)cc1. The van der Waals surface area contributed by atoms with Gasteiger partial charge in [-0.05, 0) is 55.3 Å². The van der Waals surface area contributed by atoms with Crippen molar-refractivity contribution in [2.45, 2.75) is 19.4 Å². The van der Waals surface area contributed by atoms with E-state index in [1.807, 2.05) is 6.33 Å². The van der Waals surface area contributed by atoms with Crippen molar-refractivity contribution in [2.75, 3.05) is 38.2 Å². The summed E-state index contributed by atoms with van der Waals surface area (Å²) in [7, 11) is 1.80. The van der Waals surface area contributed by atoms with Crippen LogP contribution in [0.2, 0.25) is 0 Å². The molecule has 0 aliphatic carbocycles. The lowest BCUT2D eigenvalue weighted by atomic mass is 10.1. The van der Waals surface area contributed by atoms with Crippen molar-refractivity contribution in [3.8, 4) is 28.3 Å². The molecule has 4 aromatic rings. The van der Waals surface area contributed by atoms with E-state index in [0.29, 0.717) is 6.54 Å². The molecular formula is C26H30N6O. The van der Waals surface area contributed by atoms with Gasteiger partial charge in [0.2, 0.25) is 0 Å². The standard InChI is InChI=1S/C23H21N5.C3H9NO/c1-2-6-17(7-3-1)18-13-22-23-25-24-16-28(23)21-9-8-20(26-10-4-5-11-26)12-19(21)15-27(22)14-18;1-4-2-3-5/h1-3,6-9,12-14,16H,4-5,10-11,15H2;4-5H,2-3H2,1H3. The number of aliphatic hydroxyl groups excluding tert-OH is 1. The van der Waals surface area contributed by atoms with Gasteiger partial charge >= 0.3 is 0 Å². The smallest absolute Gasteiger partial charge is 0.185 e. The molecule has 0 bridgehead atoms. The molecule has 0 saturated carbocycles. The zero-order valence-corrected chi connectivity index (χ0v) is 19.0. The minimum atomic E-state index is 0.233. The van der Waals surface area contributed by atoms with Crippen LogP contribution in [0.25, 0.3) is 28.3 Å². The van der Waals surface area contributed by atoms with Crippen molar-refractivity contribution < 1.29 is 5.11 Å². The van der Waals surface area contributed by atoms with Crippen molar-refractivity contribution in [1.29, 1.82) is 0 Å². The number of hydrogen-bond acceptors (Lipinski definition) is 5. The number of nitrogens with zero attached hydrogens (tertiary/aromatic N) is 5. The van der Waals surface area contributed by atoms with Gasteiger partial charge in [-0.15, -0.1) is 10.2 Å². The first-order chi connectivity index (χ1) is 16.3. The highest BCUT2D eigenvalue weighted by atomic mass is 16.3. The maximum atomic E-state index is 8.00. The lowest BCUT2D eigenvalue weighted by molar-refractivity contribution is 0.296. The van der Waals surface area contributed by atoms with Crippen molar-refractivity contribution in [2.24, 2.45) is 0 Å². The number of rotatable bonds is 4. The normalized spacial score (nSPS) is 14.1. The van der Waals surface area contributed by atoms with Crippen LogP contribution >= 0.6 is 0 Å². The quantitative estimate of drug-likeness (QED) is 0.445. The molecule has 0 spiro atoms. The minimum Gasteiger partial charge on any atom is -0.395 e. The van der Waals surface area contributed by atoms with Gasteiger partial charge in [-0.2, -0.15) is 0 Å². The summed E-state index contributed by atoms with van der Waals surface area (Å²) in [6.45, 7) is 4.08. The zero-order chi connectivity index (χ0) is 22.6. The Labute approximate surface area is 194 Å². The zero-order valence-electron chi connectivity index (χ0n) is 19.0. The number of fused-ring (bicyclic) bond motifs is 5. The van der Waals surface area contributed by atoms with E-state index >= 15 is 0 Å². The summed E-state index contributed by atoms with van der Waals surface area (Å²) in [4.78, 5) is 2.49. The van der Waals surface area contributed by atoms with Gasteiger partial charge in [0, 0.05) is 43.6 Å². The Balaban J connectivity index is 0.000000416.